The highest BCUT2D eigenvalue weighted by Crippen LogP contribution is 2.29. The molecule has 0 aliphatic carbocycles. The van der Waals surface area contributed by atoms with E-state index in [-0.39, 0.29) is 11.7 Å². The molecule has 1 aromatic rings. The molecule has 1 amide bonds. The van der Waals surface area contributed by atoms with Gasteiger partial charge in [0.15, 0.2) is 11.3 Å². The van der Waals surface area contributed by atoms with Gasteiger partial charge in [-0.3, -0.25) is 5.32 Å². The van der Waals surface area contributed by atoms with Crippen molar-refractivity contribution < 1.29 is 9.53 Å². The molecule has 5 nitrogen and oxygen atoms in total. The molecule has 1 atom stereocenters. The lowest BCUT2D eigenvalue weighted by atomic mass is 10.3. The molecule has 0 aliphatic heterocycles. The molecular weight excluding hydrogens is 392 g/mol. The fraction of sp³-hybridized carbons (Fsp3) is 0.333. The van der Waals surface area contributed by atoms with Crippen LogP contribution in [0.1, 0.15) is 6.92 Å². The Balaban J connectivity index is 2.71. The Hall–Kier alpha value is -0.660. The predicted molar refractivity (Wildman–Crippen MR) is 95.0 cm³/mol. The van der Waals surface area contributed by atoms with Gasteiger partial charge in [-0.2, -0.15) is 0 Å². The van der Waals surface area contributed by atoms with Gasteiger partial charge >= 0.3 is 6.09 Å². The minimum Gasteiger partial charge on any atom is -0.450 e. The minimum atomic E-state index is -1.85. The van der Waals surface area contributed by atoms with Crippen molar-refractivity contribution >= 4 is 75.5 Å². The van der Waals surface area contributed by atoms with Crippen LogP contribution in [0.25, 0.3) is 0 Å². The Labute approximate surface area is 153 Å². The Morgan fingerprint density at radius 3 is 2.50 bits per heavy atom. The number of carbonyl (C=O) groups excluding carboxylic acids is 1. The molecule has 122 valence electrons. The average molecular weight is 405 g/mol. The number of benzene rings is 1. The number of alkyl halides is 3. The van der Waals surface area contributed by atoms with Crippen LogP contribution in [0, 0.1) is 0 Å². The summed E-state index contributed by atoms with van der Waals surface area (Å²) in [5.41, 5.74) is 0.570. The number of carbonyl (C=O) groups is 1. The number of halogens is 4. The highest BCUT2D eigenvalue weighted by molar-refractivity contribution is 7.80. The van der Waals surface area contributed by atoms with Gasteiger partial charge in [-0.15, -0.1) is 0 Å². The summed E-state index contributed by atoms with van der Waals surface area (Å²) in [6, 6.07) is 6.96. The highest BCUT2D eigenvalue weighted by atomic mass is 35.6. The summed E-state index contributed by atoms with van der Waals surface area (Å²) in [7, 11) is 0. The van der Waals surface area contributed by atoms with E-state index in [0.29, 0.717) is 10.7 Å². The molecule has 0 aromatic heterocycles. The number of hydrogen-bond acceptors (Lipinski definition) is 3. The molecule has 0 fully saturated rings. The zero-order valence-electron chi connectivity index (χ0n) is 11.3. The molecule has 0 radical (unpaired) electrons. The van der Waals surface area contributed by atoms with Crippen LogP contribution in [-0.4, -0.2) is 27.8 Å². The lowest BCUT2D eigenvalue weighted by molar-refractivity contribution is 0.147. The maximum atomic E-state index is 11.5. The predicted octanol–water partition coefficient (Wildman–Crippen LogP) is 4.07. The van der Waals surface area contributed by atoms with Crippen LogP contribution in [-0.2, 0) is 4.74 Å². The Morgan fingerprint density at radius 2 is 1.95 bits per heavy atom. The Bertz CT molecular complexity index is 539. The number of anilines is 1. The molecule has 1 aromatic carbocycles. The van der Waals surface area contributed by atoms with E-state index in [1.165, 1.54) is 0 Å². The summed E-state index contributed by atoms with van der Waals surface area (Å²) in [4.78, 5) is 11.5. The van der Waals surface area contributed by atoms with Crippen LogP contribution in [0.4, 0.5) is 10.5 Å². The molecule has 0 aliphatic rings. The van der Waals surface area contributed by atoms with E-state index in [2.05, 4.69) is 16.0 Å². The molecule has 10 heteroatoms. The third-order valence-corrected chi connectivity index (χ3v) is 3.47. The summed E-state index contributed by atoms with van der Waals surface area (Å²) < 4.78 is 2.89. The summed E-state index contributed by atoms with van der Waals surface area (Å²) in [5, 5.41) is 8.46. The molecule has 22 heavy (non-hydrogen) atoms. The van der Waals surface area contributed by atoms with Crippen LogP contribution in [0.2, 0.25) is 5.02 Å². The van der Waals surface area contributed by atoms with Crippen molar-refractivity contribution in [1.82, 2.24) is 10.6 Å². The van der Waals surface area contributed by atoms with Crippen molar-refractivity contribution in [2.45, 2.75) is 16.9 Å². The number of thiocarbonyl (C=S) groups is 1. The van der Waals surface area contributed by atoms with E-state index in [1.54, 1.807) is 31.2 Å². The van der Waals surface area contributed by atoms with Crippen molar-refractivity contribution in [2.75, 3.05) is 11.9 Å². The van der Waals surface area contributed by atoms with Gasteiger partial charge in [0.05, 0.1) is 17.3 Å². The second-order valence-corrected chi connectivity index (χ2v) is 7.10. The van der Waals surface area contributed by atoms with Crippen molar-refractivity contribution in [3.63, 3.8) is 0 Å². The highest BCUT2D eigenvalue weighted by Gasteiger charge is 2.35. The van der Waals surface area contributed by atoms with Gasteiger partial charge in [0, 0.05) is 0 Å². The van der Waals surface area contributed by atoms with E-state index in [9.17, 15) is 4.79 Å². The number of amides is 1. The maximum absolute atomic E-state index is 11.5. The lowest BCUT2D eigenvalue weighted by Crippen LogP contribution is -2.56. The fourth-order valence-electron chi connectivity index (χ4n) is 1.34. The van der Waals surface area contributed by atoms with Gasteiger partial charge in [0.25, 0.3) is 0 Å². The molecule has 0 saturated carbocycles. The van der Waals surface area contributed by atoms with Gasteiger partial charge in [-0.05, 0) is 31.3 Å². The second-order valence-electron chi connectivity index (χ2n) is 3.92. The van der Waals surface area contributed by atoms with E-state index in [0.717, 1.165) is 0 Å². The topological polar surface area (TPSA) is 62.4 Å². The zero-order valence-corrected chi connectivity index (χ0v) is 15.2. The average Bonchev–Trinajstić information content (AvgIpc) is 2.40. The van der Waals surface area contributed by atoms with E-state index < -0.39 is 16.1 Å². The largest absolute Gasteiger partial charge is 0.450 e. The number of para-hydroxylation sites is 1. The van der Waals surface area contributed by atoms with Gasteiger partial charge in [0.2, 0.25) is 3.79 Å². The molecule has 0 spiro atoms. The third kappa shape index (κ3) is 6.62. The van der Waals surface area contributed by atoms with E-state index in [1.807, 2.05) is 0 Å². The van der Waals surface area contributed by atoms with Crippen molar-refractivity contribution in [3.05, 3.63) is 29.3 Å². The van der Waals surface area contributed by atoms with Crippen LogP contribution < -0.4 is 16.0 Å². The molecule has 0 unspecified atom stereocenters. The summed E-state index contributed by atoms with van der Waals surface area (Å²) in [6.45, 7) is 1.83. The first kappa shape index (κ1) is 19.4. The zero-order chi connectivity index (χ0) is 16.8. The van der Waals surface area contributed by atoms with E-state index >= 15 is 0 Å². The van der Waals surface area contributed by atoms with Gasteiger partial charge in [-0.25, -0.2) is 4.79 Å². The van der Waals surface area contributed by atoms with Crippen molar-refractivity contribution in [2.24, 2.45) is 0 Å². The summed E-state index contributed by atoms with van der Waals surface area (Å²) >= 11 is 28.5. The fourth-order valence-corrected chi connectivity index (χ4v) is 2.08. The number of nitrogens with one attached hydrogen (secondary N) is 3. The van der Waals surface area contributed by atoms with Crippen molar-refractivity contribution in [1.29, 1.82) is 0 Å². The van der Waals surface area contributed by atoms with Gasteiger partial charge < -0.3 is 15.4 Å². The maximum Gasteiger partial charge on any atom is 0.408 e. The third-order valence-electron chi connectivity index (χ3n) is 2.26. The van der Waals surface area contributed by atoms with Crippen LogP contribution in [0.15, 0.2) is 24.3 Å². The molecule has 0 heterocycles. The standard InChI is InChI=1S/C12H13Cl4N3O2S/c1-2-21-11(20)19-9(12(14,15)16)18-10(22)17-8-6-4-3-5-7(8)13/h3-6,9H,2H2,1H3,(H,19,20)(H2,17,18,22)/t9-/m1/s1. The lowest BCUT2D eigenvalue weighted by Gasteiger charge is -2.27. The first-order chi connectivity index (χ1) is 10.2. The molecule has 0 saturated heterocycles. The summed E-state index contributed by atoms with van der Waals surface area (Å²) in [5.74, 6) is 0. The quantitative estimate of drug-likeness (QED) is 0.401. The van der Waals surface area contributed by atoms with E-state index in [4.69, 9.17) is 63.4 Å². The molecule has 0 bridgehead atoms. The Morgan fingerprint density at radius 1 is 1.32 bits per heavy atom. The SMILES string of the molecule is CCOC(=O)N[C@@H](NC(=S)Nc1ccccc1Cl)C(Cl)(Cl)Cl. The number of hydrogen-bond donors (Lipinski definition) is 3. The summed E-state index contributed by atoms with van der Waals surface area (Å²) in [6.07, 6.45) is -1.84. The minimum absolute atomic E-state index is 0.112. The number of ether oxygens (including phenoxy) is 1. The van der Waals surface area contributed by atoms with Crippen LogP contribution >= 0.6 is 58.6 Å². The number of rotatable bonds is 4. The first-order valence-electron chi connectivity index (χ1n) is 6.06. The first-order valence-corrected chi connectivity index (χ1v) is 7.98. The van der Waals surface area contributed by atoms with Crippen LogP contribution in [0.3, 0.4) is 0 Å². The van der Waals surface area contributed by atoms with Gasteiger partial charge in [-0.1, -0.05) is 58.5 Å². The van der Waals surface area contributed by atoms with Gasteiger partial charge in [0.1, 0.15) is 0 Å². The molecule has 1 rings (SSSR count). The Kier molecular flexibility index (Phi) is 7.79. The van der Waals surface area contributed by atoms with Crippen LogP contribution in [0.5, 0.6) is 0 Å². The normalized spacial score (nSPS) is 12.2. The molecule has 3 N–H and O–H groups in total. The smallest absolute Gasteiger partial charge is 0.408 e. The molecular formula is C12H13Cl4N3O2S. The van der Waals surface area contributed by atoms with Crippen molar-refractivity contribution in [3.8, 4) is 0 Å². The monoisotopic (exact) mass is 403 g/mol. The number of alkyl carbamates (subject to hydrolysis) is 1. The second kappa shape index (κ2) is 8.84.